The first-order valence-electron chi connectivity index (χ1n) is 6.30. The molecule has 23 heavy (non-hydrogen) atoms. The summed E-state index contributed by atoms with van der Waals surface area (Å²) < 4.78 is 0. The molecule has 1 amide bonds. The fourth-order valence-electron chi connectivity index (χ4n) is 1.84. The molecular weight excluding hydrogens is 322 g/mol. The Morgan fingerprint density at radius 1 is 1.04 bits per heavy atom. The van der Waals surface area contributed by atoms with Crippen molar-refractivity contribution >= 4 is 34.7 Å². The van der Waals surface area contributed by atoms with E-state index in [1.807, 2.05) is 12.3 Å². The van der Waals surface area contributed by atoms with E-state index in [0.29, 0.717) is 5.69 Å². The van der Waals surface area contributed by atoms with Gasteiger partial charge in [0, 0.05) is 22.7 Å². The number of hydrogen-bond donors (Lipinski definition) is 1. The average molecular weight is 333 g/mol. The average Bonchev–Trinajstić information content (AvgIpc) is 2.54. The van der Waals surface area contributed by atoms with Crippen LogP contribution in [0.2, 0.25) is 0 Å². The molecule has 2 aromatic rings. The number of nitro benzene ring substituents is 2. The van der Waals surface area contributed by atoms with Crippen molar-refractivity contribution in [3.63, 3.8) is 0 Å². The van der Waals surface area contributed by atoms with Gasteiger partial charge in [0.2, 0.25) is 0 Å². The van der Waals surface area contributed by atoms with Crippen molar-refractivity contribution in [1.29, 1.82) is 0 Å². The molecule has 0 aromatic heterocycles. The van der Waals surface area contributed by atoms with Crippen LogP contribution in [-0.4, -0.2) is 22.0 Å². The Balaban J connectivity index is 2.34. The van der Waals surface area contributed by atoms with E-state index in [0.717, 1.165) is 23.1 Å². The first-order chi connectivity index (χ1) is 10.9. The summed E-state index contributed by atoms with van der Waals surface area (Å²) in [7, 11) is 0. The van der Waals surface area contributed by atoms with Crippen LogP contribution in [0.4, 0.5) is 17.1 Å². The van der Waals surface area contributed by atoms with E-state index in [1.54, 1.807) is 18.2 Å². The molecule has 118 valence electrons. The van der Waals surface area contributed by atoms with Crippen molar-refractivity contribution in [2.45, 2.75) is 4.90 Å². The van der Waals surface area contributed by atoms with E-state index in [2.05, 4.69) is 5.32 Å². The van der Waals surface area contributed by atoms with Gasteiger partial charge in [0.1, 0.15) is 0 Å². The monoisotopic (exact) mass is 333 g/mol. The van der Waals surface area contributed by atoms with Gasteiger partial charge in [0.15, 0.2) is 0 Å². The van der Waals surface area contributed by atoms with E-state index >= 15 is 0 Å². The molecule has 0 saturated heterocycles. The van der Waals surface area contributed by atoms with Crippen LogP contribution >= 0.6 is 11.8 Å². The Kier molecular flexibility index (Phi) is 4.91. The standard InChI is InChI=1S/C14H11N3O5S/c1-23-13-4-2-3-10(7-13)15-14(18)9-5-11(16(19)20)8-12(6-9)17(21)22/h2-8H,1H3,(H,15,18). The normalized spacial score (nSPS) is 10.1. The Morgan fingerprint density at radius 3 is 2.17 bits per heavy atom. The highest BCUT2D eigenvalue weighted by Crippen LogP contribution is 2.24. The molecule has 0 bridgehead atoms. The minimum absolute atomic E-state index is 0.152. The molecule has 0 heterocycles. The van der Waals surface area contributed by atoms with Crippen LogP contribution in [0.25, 0.3) is 0 Å². The summed E-state index contributed by atoms with van der Waals surface area (Å²) in [6.45, 7) is 0. The molecule has 0 saturated carbocycles. The number of nitro groups is 2. The molecule has 0 unspecified atom stereocenters. The zero-order chi connectivity index (χ0) is 17.0. The fraction of sp³-hybridized carbons (Fsp3) is 0.0714. The van der Waals surface area contributed by atoms with Crippen LogP contribution < -0.4 is 5.32 Å². The molecule has 9 heteroatoms. The Hall–Kier alpha value is -2.94. The number of anilines is 1. The fourth-order valence-corrected chi connectivity index (χ4v) is 2.30. The molecular formula is C14H11N3O5S. The summed E-state index contributed by atoms with van der Waals surface area (Å²) in [5, 5.41) is 24.2. The number of rotatable bonds is 5. The Labute approximate surface area is 134 Å². The van der Waals surface area contributed by atoms with Crippen LogP contribution in [0.3, 0.4) is 0 Å². The van der Waals surface area contributed by atoms with Gasteiger partial charge in [-0.3, -0.25) is 25.0 Å². The molecule has 0 atom stereocenters. The van der Waals surface area contributed by atoms with Gasteiger partial charge in [0.25, 0.3) is 17.3 Å². The third-order valence-electron chi connectivity index (χ3n) is 2.91. The second kappa shape index (κ2) is 6.88. The van der Waals surface area contributed by atoms with Crippen molar-refractivity contribution < 1.29 is 14.6 Å². The molecule has 0 radical (unpaired) electrons. The molecule has 1 N–H and O–H groups in total. The number of benzene rings is 2. The van der Waals surface area contributed by atoms with Gasteiger partial charge in [-0.2, -0.15) is 0 Å². The SMILES string of the molecule is CSc1cccc(NC(=O)c2cc([N+](=O)[O-])cc([N+](=O)[O-])c2)c1. The minimum Gasteiger partial charge on any atom is -0.322 e. The van der Waals surface area contributed by atoms with E-state index < -0.39 is 27.1 Å². The number of non-ortho nitro benzene ring substituents is 2. The summed E-state index contributed by atoms with van der Waals surface area (Å²) in [4.78, 5) is 33.2. The van der Waals surface area contributed by atoms with Gasteiger partial charge in [-0.05, 0) is 24.5 Å². The van der Waals surface area contributed by atoms with Crippen LogP contribution in [0.5, 0.6) is 0 Å². The van der Waals surface area contributed by atoms with Crippen molar-refractivity contribution in [1.82, 2.24) is 0 Å². The van der Waals surface area contributed by atoms with Gasteiger partial charge in [-0.15, -0.1) is 11.8 Å². The molecule has 0 spiro atoms. The van der Waals surface area contributed by atoms with Crippen LogP contribution in [-0.2, 0) is 0 Å². The topological polar surface area (TPSA) is 115 Å². The second-order valence-corrected chi connectivity index (χ2v) is 5.32. The highest BCUT2D eigenvalue weighted by molar-refractivity contribution is 7.98. The lowest BCUT2D eigenvalue weighted by molar-refractivity contribution is -0.394. The van der Waals surface area contributed by atoms with Gasteiger partial charge >= 0.3 is 0 Å². The maximum atomic E-state index is 12.2. The lowest BCUT2D eigenvalue weighted by Crippen LogP contribution is -2.12. The van der Waals surface area contributed by atoms with Crippen LogP contribution in [0.1, 0.15) is 10.4 Å². The van der Waals surface area contributed by atoms with Gasteiger partial charge in [-0.1, -0.05) is 6.07 Å². The van der Waals surface area contributed by atoms with E-state index in [9.17, 15) is 25.0 Å². The molecule has 8 nitrogen and oxygen atoms in total. The second-order valence-electron chi connectivity index (χ2n) is 4.44. The summed E-state index contributed by atoms with van der Waals surface area (Å²) in [6, 6.07) is 9.81. The Morgan fingerprint density at radius 2 is 1.65 bits per heavy atom. The third kappa shape index (κ3) is 4.04. The van der Waals surface area contributed by atoms with Crippen molar-refractivity contribution in [2.75, 3.05) is 11.6 Å². The lowest BCUT2D eigenvalue weighted by Gasteiger charge is -2.06. The molecule has 0 fully saturated rings. The maximum absolute atomic E-state index is 12.2. The maximum Gasteiger partial charge on any atom is 0.277 e. The first kappa shape index (κ1) is 16.4. The molecule has 0 aliphatic carbocycles. The number of amides is 1. The number of nitrogens with zero attached hydrogens (tertiary/aromatic N) is 2. The molecule has 0 aliphatic heterocycles. The highest BCUT2D eigenvalue weighted by Gasteiger charge is 2.20. The summed E-state index contributed by atoms with van der Waals surface area (Å²) in [5.74, 6) is -0.657. The predicted octanol–water partition coefficient (Wildman–Crippen LogP) is 3.48. The van der Waals surface area contributed by atoms with Crippen molar-refractivity contribution in [3.05, 3.63) is 68.3 Å². The first-order valence-corrected chi connectivity index (χ1v) is 7.52. The van der Waals surface area contributed by atoms with Gasteiger partial charge < -0.3 is 5.32 Å². The van der Waals surface area contributed by atoms with Gasteiger partial charge in [0.05, 0.1) is 21.5 Å². The summed E-state index contributed by atoms with van der Waals surface area (Å²) in [5.41, 5.74) is -0.680. The molecule has 2 rings (SSSR count). The van der Waals surface area contributed by atoms with Crippen LogP contribution in [0, 0.1) is 20.2 Å². The smallest absolute Gasteiger partial charge is 0.277 e. The zero-order valence-corrected chi connectivity index (χ0v) is 12.7. The summed E-state index contributed by atoms with van der Waals surface area (Å²) >= 11 is 1.49. The van der Waals surface area contributed by atoms with Gasteiger partial charge in [-0.25, -0.2) is 0 Å². The third-order valence-corrected chi connectivity index (χ3v) is 3.64. The zero-order valence-electron chi connectivity index (χ0n) is 11.9. The highest BCUT2D eigenvalue weighted by atomic mass is 32.2. The van der Waals surface area contributed by atoms with E-state index in [-0.39, 0.29) is 5.56 Å². The minimum atomic E-state index is -0.780. The number of thioether (sulfide) groups is 1. The summed E-state index contributed by atoms with van der Waals surface area (Å²) in [6.07, 6.45) is 1.88. The number of nitrogens with one attached hydrogen (secondary N) is 1. The van der Waals surface area contributed by atoms with E-state index in [4.69, 9.17) is 0 Å². The molecule has 0 aliphatic rings. The predicted molar refractivity (Wildman–Crippen MR) is 85.9 cm³/mol. The van der Waals surface area contributed by atoms with Crippen LogP contribution in [0.15, 0.2) is 47.4 Å². The van der Waals surface area contributed by atoms with E-state index in [1.165, 1.54) is 11.8 Å². The number of carbonyl (C=O) groups is 1. The largest absolute Gasteiger partial charge is 0.322 e. The Bertz CT molecular complexity index is 761. The number of hydrogen-bond acceptors (Lipinski definition) is 6. The quantitative estimate of drug-likeness (QED) is 0.509. The van der Waals surface area contributed by atoms with Crippen molar-refractivity contribution in [3.8, 4) is 0 Å². The van der Waals surface area contributed by atoms with Crippen molar-refractivity contribution in [2.24, 2.45) is 0 Å². The molecule has 2 aromatic carbocycles. The number of carbonyl (C=O) groups excluding carboxylic acids is 1. The lowest BCUT2D eigenvalue weighted by atomic mass is 10.1.